The van der Waals surface area contributed by atoms with Crippen molar-refractivity contribution >= 4 is 5.91 Å². The van der Waals surface area contributed by atoms with E-state index in [1.807, 2.05) is 0 Å². The summed E-state index contributed by atoms with van der Waals surface area (Å²) in [6.45, 7) is 1.58. The van der Waals surface area contributed by atoms with Crippen LogP contribution in [-0.2, 0) is 11.3 Å². The van der Waals surface area contributed by atoms with Gasteiger partial charge in [-0.2, -0.15) is 0 Å². The molecule has 1 aliphatic carbocycles. The summed E-state index contributed by atoms with van der Waals surface area (Å²) in [5.41, 5.74) is 6.97. The molecule has 1 aromatic carbocycles. The molecule has 0 aromatic heterocycles. The van der Waals surface area contributed by atoms with E-state index in [1.54, 1.807) is 12.1 Å². The molecule has 1 unspecified atom stereocenters. The maximum atomic E-state index is 12.9. The molecule has 3 nitrogen and oxygen atoms in total. The number of likely N-dealkylation sites (tertiary alicyclic amines) is 1. The smallest absolute Gasteiger partial charge is 0.234 e. The Balaban J connectivity index is 1.71. The Morgan fingerprint density at radius 1 is 1.32 bits per heavy atom. The summed E-state index contributed by atoms with van der Waals surface area (Å²) >= 11 is 0. The molecular weight excluding hydrogens is 243 g/mol. The Labute approximate surface area is 112 Å². The maximum Gasteiger partial charge on any atom is 0.234 e. The third-order valence-corrected chi connectivity index (χ3v) is 4.58. The zero-order valence-corrected chi connectivity index (χ0v) is 10.9. The molecule has 4 heteroatoms. The monoisotopic (exact) mass is 262 g/mol. The van der Waals surface area contributed by atoms with Crippen LogP contribution in [0, 0.1) is 11.2 Å². The van der Waals surface area contributed by atoms with Gasteiger partial charge in [0.15, 0.2) is 0 Å². The number of nitrogens with two attached hydrogens (primary N) is 1. The van der Waals surface area contributed by atoms with E-state index in [2.05, 4.69) is 4.90 Å². The van der Waals surface area contributed by atoms with Crippen molar-refractivity contribution in [1.29, 1.82) is 0 Å². The lowest BCUT2D eigenvalue weighted by atomic mass is 9.87. The average Bonchev–Trinajstić information content (AvgIpc) is 3.14. The lowest BCUT2D eigenvalue weighted by Gasteiger charge is -2.38. The van der Waals surface area contributed by atoms with Crippen LogP contribution in [0.1, 0.15) is 31.2 Å². The van der Waals surface area contributed by atoms with Gasteiger partial charge in [0.1, 0.15) is 5.82 Å². The summed E-state index contributed by atoms with van der Waals surface area (Å²) in [6.07, 6.45) is 4.52. The van der Waals surface area contributed by atoms with Crippen LogP contribution in [-0.4, -0.2) is 23.4 Å². The molecule has 1 heterocycles. The van der Waals surface area contributed by atoms with Gasteiger partial charge < -0.3 is 5.73 Å². The van der Waals surface area contributed by atoms with Crippen molar-refractivity contribution in [2.45, 2.75) is 38.3 Å². The van der Waals surface area contributed by atoms with Crippen LogP contribution in [0.25, 0.3) is 0 Å². The third-order valence-electron chi connectivity index (χ3n) is 4.58. The first kappa shape index (κ1) is 12.6. The van der Waals surface area contributed by atoms with Gasteiger partial charge in [0.05, 0.1) is 6.04 Å². The van der Waals surface area contributed by atoms with Gasteiger partial charge in [-0.3, -0.25) is 9.69 Å². The molecule has 1 saturated carbocycles. The molecule has 1 atom stereocenters. The van der Waals surface area contributed by atoms with Crippen LogP contribution in [0.2, 0.25) is 0 Å². The molecule has 2 fully saturated rings. The van der Waals surface area contributed by atoms with Crippen LogP contribution in [0.3, 0.4) is 0 Å². The zero-order chi connectivity index (χ0) is 13.5. The van der Waals surface area contributed by atoms with Crippen molar-refractivity contribution < 1.29 is 9.18 Å². The molecule has 2 N–H and O–H groups in total. The first-order valence-electron chi connectivity index (χ1n) is 6.86. The maximum absolute atomic E-state index is 12.9. The number of hydrogen-bond acceptors (Lipinski definition) is 2. The highest BCUT2D eigenvalue weighted by Gasteiger charge is 2.49. The van der Waals surface area contributed by atoms with E-state index < -0.39 is 0 Å². The molecule has 0 radical (unpaired) electrons. The van der Waals surface area contributed by atoms with Crippen molar-refractivity contribution in [3.05, 3.63) is 35.6 Å². The summed E-state index contributed by atoms with van der Waals surface area (Å²) < 4.78 is 12.9. The molecule has 2 aliphatic rings. The Hall–Kier alpha value is -1.42. The fourth-order valence-electron chi connectivity index (χ4n) is 3.10. The fourth-order valence-corrected chi connectivity index (χ4v) is 3.10. The first-order chi connectivity index (χ1) is 9.08. The quantitative estimate of drug-likeness (QED) is 0.906. The number of carbonyl (C=O) groups is 1. The summed E-state index contributed by atoms with van der Waals surface area (Å²) in [4.78, 5) is 13.8. The van der Waals surface area contributed by atoms with Crippen molar-refractivity contribution in [1.82, 2.24) is 4.90 Å². The van der Waals surface area contributed by atoms with Gasteiger partial charge in [-0.05, 0) is 55.3 Å². The number of amides is 1. The standard InChI is InChI=1S/C15H19FN2O/c16-12-3-1-11(2-4-12)10-18-8-7-15(5-6-15)9-13(18)14(17)19/h1-4,13H,5-10H2,(H2,17,19). The topological polar surface area (TPSA) is 46.3 Å². The Bertz CT molecular complexity index is 481. The summed E-state index contributed by atoms with van der Waals surface area (Å²) in [5, 5.41) is 0. The zero-order valence-electron chi connectivity index (χ0n) is 10.9. The molecule has 1 aliphatic heterocycles. The summed E-state index contributed by atoms with van der Waals surface area (Å²) in [5.74, 6) is -0.459. The minimum Gasteiger partial charge on any atom is -0.368 e. The number of rotatable bonds is 3. The molecule has 1 spiro atoms. The van der Waals surface area contributed by atoms with Crippen molar-refractivity contribution in [2.24, 2.45) is 11.1 Å². The lowest BCUT2D eigenvalue weighted by Crippen LogP contribution is -2.49. The van der Waals surface area contributed by atoms with Gasteiger partial charge in [0.25, 0.3) is 0 Å². The molecule has 19 heavy (non-hydrogen) atoms. The van der Waals surface area contributed by atoms with Gasteiger partial charge in [0, 0.05) is 6.54 Å². The van der Waals surface area contributed by atoms with Gasteiger partial charge in [0.2, 0.25) is 5.91 Å². The van der Waals surface area contributed by atoms with E-state index in [-0.39, 0.29) is 17.8 Å². The van der Waals surface area contributed by atoms with Crippen LogP contribution >= 0.6 is 0 Å². The first-order valence-corrected chi connectivity index (χ1v) is 6.86. The van der Waals surface area contributed by atoms with Crippen LogP contribution in [0.15, 0.2) is 24.3 Å². The normalized spacial score (nSPS) is 25.4. The second kappa shape index (κ2) is 4.60. The summed E-state index contributed by atoms with van der Waals surface area (Å²) in [6, 6.07) is 6.30. The lowest BCUT2D eigenvalue weighted by molar-refractivity contribution is -0.125. The summed E-state index contributed by atoms with van der Waals surface area (Å²) in [7, 11) is 0. The van der Waals surface area contributed by atoms with E-state index in [0.29, 0.717) is 12.0 Å². The van der Waals surface area contributed by atoms with E-state index in [1.165, 1.54) is 25.0 Å². The van der Waals surface area contributed by atoms with Gasteiger partial charge in [-0.15, -0.1) is 0 Å². The number of hydrogen-bond donors (Lipinski definition) is 1. The van der Waals surface area contributed by atoms with Gasteiger partial charge in [-0.1, -0.05) is 12.1 Å². The van der Waals surface area contributed by atoms with E-state index in [4.69, 9.17) is 5.73 Å². The molecule has 1 saturated heterocycles. The van der Waals surface area contributed by atoms with E-state index >= 15 is 0 Å². The number of carbonyl (C=O) groups excluding carboxylic acids is 1. The molecule has 102 valence electrons. The number of piperidine rings is 1. The van der Waals surface area contributed by atoms with Crippen LogP contribution < -0.4 is 5.73 Å². The Morgan fingerprint density at radius 3 is 2.58 bits per heavy atom. The molecule has 3 rings (SSSR count). The average molecular weight is 262 g/mol. The number of halogens is 1. The van der Waals surface area contributed by atoms with E-state index in [0.717, 1.165) is 24.9 Å². The minimum absolute atomic E-state index is 0.165. The number of nitrogens with zero attached hydrogens (tertiary/aromatic N) is 1. The predicted molar refractivity (Wildman–Crippen MR) is 70.7 cm³/mol. The van der Waals surface area contributed by atoms with Gasteiger partial charge in [-0.25, -0.2) is 4.39 Å². The molecular formula is C15H19FN2O. The molecule has 0 bridgehead atoms. The number of benzene rings is 1. The second-order valence-corrected chi connectivity index (χ2v) is 5.97. The van der Waals surface area contributed by atoms with Crippen molar-refractivity contribution in [3.8, 4) is 0 Å². The largest absolute Gasteiger partial charge is 0.368 e. The molecule has 1 amide bonds. The SMILES string of the molecule is NC(=O)C1CC2(CCN1Cc1ccc(F)cc1)CC2. The Morgan fingerprint density at radius 2 is 2.00 bits per heavy atom. The Kier molecular flexibility index (Phi) is 3.05. The minimum atomic E-state index is -0.231. The van der Waals surface area contributed by atoms with Gasteiger partial charge >= 0.3 is 0 Å². The van der Waals surface area contributed by atoms with Crippen molar-refractivity contribution in [2.75, 3.05) is 6.54 Å². The highest BCUT2D eigenvalue weighted by atomic mass is 19.1. The van der Waals surface area contributed by atoms with E-state index in [9.17, 15) is 9.18 Å². The predicted octanol–water partition coefficient (Wildman–Crippen LogP) is 2.06. The van der Waals surface area contributed by atoms with Crippen LogP contribution in [0.5, 0.6) is 0 Å². The highest BCUT2D eigenvalue weighted by Crippen LogP contribution is 2.55. The van der Waals surface area contributed by atoms with Crippen LogP contribution in [0.4, 0.5) is 4.39 Å². The highest BCUT2D eigenvalue weighted by molar-refractivity contribution is 5.80. The third kappa shape index (κ3) is 2.63. The molecule has 1 aromatic rings. The number of primary amides is 1. The fraction of sp³-hybridized carbons (Fsp3) is 0.533. The van der Waals surface area contributed by atoms with Crippen molar-refractivity contribution in [3.63, 3.8) is 0 Å². The second-order valence-electron chi connectivity index (χ2n) is 5.97.